The molecule has 4 nitrogen and oxygen atoms in total. The molecular formula is C15H28N2O2. The van der Waals surface area contributed by atoms with Crippen LogP contribution in [0.1, 0.15) is 59.3 Å². The highest BCUT2D eigenvalue weighted by molar-refractivity contribution is 5.77. The molecular weight excluding hydrogens is 240 g/mol. The van der Waals surface area contributed by atoms with Crippen LogP contribution in [0.2, 0.25) is 0 Å². The predicted octanol–water partition coefficient (Wildman–Crippen LogP) is 2.33. The lowest BCUT2D eigenvalue weighted by atomic mass is 9.92. The fourth-order valence-electron chi connectivity index (χ4n) is 2.32. The van der Waals surface area contributed by atoms with Crippen LogP contribution < -0.4 is 5.32 Å². The summed E-state index contributed by atoms with van der Waals surface area (Å²) < 4.78 is 0. The monoisotopic (exact) mass is 268 g/mol. The molecule has 4 heteroatoms. The Morgan fingerprint density at radius 1 is 1.26 bits per heavy atom. The van der Waals surface area contributed by atoms with Crippen molar-refractivity contribution in [2.24, 2.45) is 5.41 Å². The maximum atomic E-state index is 11.8. The molecule has 0 aromatic rings. The molecule has 1 heterocycles. The first-order valence-corrected chi connectivity index (χ1v) is 7.43. The van der Waals surface area contributed by atoms with E-state index >= 15 is 0 Å². The molecule has 1 aliphatic heterocycles. The summed E-state index contributed by atoms with van der Waals surface area (Å²) in [4.78, 5) is 25.4. The van der Waals surface area contributed by atoms with Gasteiger partial charge in [0.05, 0.1) is 0 Å². The van der Waals surface area contributed by atoms with Gasteiger partial charge in [0, 0.05) is 32.5 Å². The van der Waals surface area contributed by atoms with Crippen molar-refractivity contribution in [2.75, 3.05) is 19.6 Å². The van der Waals surface area contributed by atoms with E-state index in [0.29, 0.717) is 19.4 Å². The largest absolute Gasteiger partial charge is 0.356 e. The smallest absolute Gasteiger partial charge is 0.222 e. The number of likely N-dealkylation sites (tertiary alicyclic amines) is 1. The molecule has 1 saturated heterocycles. The van der Waals surface area contributed by atoms with Crippen molar-refractivity contribution < 1.29 is 9.59 Å². The van der Waals surface area contributed by atoms with Crippen molar-refractivity contribution in [3.63, 3.8) is 0 Å². The van der Waals surface area contributed by atoms with E-state index < -0.39 is 0 Å². The van der Waals surface area contributed by atoms with Crippen molar-refractivity contribution >= 4 is 11.8 Å². The van der Waals surface area contributed by atoms with Crippen LogP contribution in [-0.4, -0.2) is 36.3 Å². The van der Waals surface area contributed by atoms with Crippen LogP contribution in [0, 0.1) is 5.41 Å². The van der Waals surface area contributed by atoms with E-state index in [1.165, 1.54) is 0 Å². The van der Waals surface area contributed by atoms with Gasteiger partial charge in [0.15, 0.2) is 0 Å². The Bertz CT molecular complexity index is 308. The molecule has 0 atom stereocenters. The van der Waals surface area contributed by atoms with E-state index in [0.717, 1.165) is 38.8 Å². The average Bonchev–Trinajstić information content (AvgIpc) is 2.47. The lowest BCUT2D eigenvalue weighted by molar-refractivity contribution is -0.130. The van der Waals surface area contributed by atoms with Gasteiger partial charge in [-0.15, -0.1) is 0 Å². The standard InChI is InChI=1S/C15H28N2O2/c1-15(2,3)12-13(18)16-9-7-11-17-10-6-4-5-8-14(17)19/h4-12H2,1-3H3,(H,16,18). The summed E-state index contributed by atoms with van der Waals surface area (Å²) in [5, 5.41) is 2.93. The van der Waals surface area contributed by atoms with Crippen LogP contribution in [0.25, 0.3) is 0 Å². The zero-order valence-corrected chi connectivity index (χ0v) is 12.6. The van der Waals surface area contributed by atoms with Crippen molar-refractivity contribution in [2.45, 2.75) is 59.3 Å². The Balaban J connectivity index is 2.16. The highest BCUT2D eigenvalue weighted by Crippen LogP contribution is 2.17. The number of hydrogen-bond donors (Lipinski definition) is 1. The molecule has 2 amide bonds. The van der Waals surface area contributed by atoms with Gasteiger partial charge in [-0.2, -0.15) is 0 Å². The molecule has 0 aliphatic carbocycles. The molecule has 0 bridgehead atoms. The van der Waals surface area contributed by atoms with Crippen LogP contribution in [0.5, 0.6) is 0 Å². The topological polar surface area (TPSA) is 49.4 Å². The van der Waals surface area contributed by atoms with E-state index in [2.05, 4.69) is 26.1 Å². The number of carbonyl (C=O) groups is 2. The van der Waals surface area contributed by atoms with Crippen LogP contribution in [0.15, 0.2) is 0 Å². The first kappa shape index (κ1) is 16.0. The van der Waals surface area contributed by atoms with Crippen LogP contribution >= 0.6 is 0 Å². The van der Waals surface area contributed by atoms with Gasteiger partial charge in [0.2, 0.25) is 11.8 Å². The lowest BCUT2D eigenvalue weighted by Gasteiger charge is -2.21. The number of rotatable bonds is 5. The normalized spacial score (nSPS) is 17.2. The number of nitrogens with zero attached hydrogens (tertiary/aromatic N) is 1. The highest BCUT2D eigenvalue weighted by atomic mass is 16.2. The molecule has 110 valence electrons. The fraction of sp³-hybridized carbons (Fsp3) is 0.867. The molecule has 0 unspecified atom stereocenters. The molecule has 0 aromatic heterocycles. The van der Waals surface area contributed by atoms with Crippen molar-refractivity contribution in [3.8, 4) is 0 Å². The van der Waals surface area contributed by atoms with Gasteiger partial charge in [0.25, 0.3) is 0 Å². The molecule has 1 aliphatic rings. The average molecular weight is 268 g/mol. The van der Waals surface area contributed by atoms with Crippen molar-refractivity contribution in [1.29, 1.82) is 0 Å². The van der Waals surface area contributed by atoms with E-state index in [1.807, 2.05) is 4.90 Å². The van der Waals surface area contributed by atoms with Gasteiger partial charge in [-0.1, -0.05) is 27.2 Å². The van der Waals surface area contributed by atoms with Crippen molar-refractivity contribution in [3.05, 3.63) is 0 Å². The summed E-state index contributed by atoms with van der Waals surface area (Å²) in [5.74, 6) is 0.383. The van der Waals surface area contributed by atoms with Crippen LogP contribution in [0.4, 0.5) is 0 Å². The molecule has 1 rings (SSSR count). The minimum absolute atomic E-state index is 0.0326. The summed E-state index contributed by atoms with van der Waals surface area (Å²) in [6.07, 6.45) is 5.39. The van der Waals surface area contributed by atoms with E-state index in [1.54, 1.807) is 0 Å². The maximum Gasteiger partial charge on any atom is 0.222 e. The third kappa shape index (κ3) is 7.19. The predicted molar refractivity (Wildman–Crippen MR) is 76.7 cm³/mol. The summed E-state index contributed by atoms with van der Waals surface area (Å²) in [6.45, 7) is 8.50. The summed E-state index contributed by atoms with van der Waals surface area (Å²) in [7, 11) is 0. The zero-order valence-electron chi connectivity index (χ0n) is 12.6. The maximum absolute atomic E-state index is 11.8. The zero-order chi connectivity index (χ0) is 14.3. The number of amides is 2. The van der Waals surface area contributed by atoms with Gasteiger partial charge >= 0.3 is 0 Å². The second kappa shape index (κ2) is 7.51. The minimum atomic E-state index is 0.0326. The number of nitrogens with one attached hydrogen (secondary N) is 1. The second-order valence-corrected chi connectivity index (χ2v) is 6.63. The van der Waals surface area contributed by atoms with Gasteiger partial charge in [-0.05, 0) is 24.7 Å². The molecule has 0 radical (unpaired) electrons. The molecule has 1 fully saturated rings. The van der Waals surface area contributed by atoms with E-state index in [-0.39, 0.29) is 17.2 Å². The fourth-order valence-corrected chi connectivity index (χ4v) is 2.32. The second-order valence-electron chi connectivity index (χ2n) is 6.63. The van der Waals surface area contributed by atoms with Gasteiger partial charge in [-0.25, -0.2) is 0 Å². The minimum Gasteiger partial charge on any atom is -0.356 e. The Labute approximate surface area is 116 Å². The van der Waals surface area contributed by atoms with Gasteiger partial charge in [0.1, 0.15) is 0 Å². The highest BCUT2D eigenvalue weighted by Gasteiger charge is 2.17. The molecule has 0 aromatic carbocycles. The van der Waals surface area contributed by atoms with E-state index in [9.17, 15) is 9.59 Å². The quantitative estimate of drug-likeness (QED) is 0.778. The van der Waals surface area contributed by atoms with Gasteiger partial charge in [-0.3, -0.25) is 9.59 Å². The summed E-state index contributed by atoms with van der Waals surface area (Å²) in [6, 6.07) is 0. The van der Waals surface area contributed by atoms with Gasteiger partial charge < -0.3 is 10.2 Å². The summed E-state index contributed by atoms with van der Waals surface area (Å²) in [5.41, 5.74) is 0.0326. The molecule has 0 saturated carbocycles. The van der Waals surface area contributed by atoms with Crippen molar-refractivity contribution in [1.82, 2.24) is 10.2 Å². The summed E-state index contributed by atoms with van der Waals surface area (Å²) >= 11 is 0. The SMILES string of the molecule is CC(C)(C)CC(=O)NCCCN1CCCCCC1=O. The Hall–Kier alpha value is -1.06. The third-order valence-corrected chi connectivity index (χ3v) is 3.29. The Morgan fingerprint density at radius 3 is 2.68 bits per heavy atom. The first-order chi connectivity index (χ1) is 8.88. The first-order valence-electron chi connectivity index (χ1n) is 7.43. The molecule has 1 N–H and O–H groups in total. The van der Waals surface area contributed by atoms with E-state index in [4.69, 9.17) is 0 Å². The Kier molecular flexibility index (Phi) is 6.32. The van der Waals surface area contributed by atoms with Crippen LogP contribution in [-0.2, 0) is 9.59 Å². The molecule has 19 heavy (non-hydrogen) atoms. The lowest BCUT2D eigenvalue weighted by Crippen LogP contribution is -2.34. The molecule has 0 spiro atoms. The van der Waals surface area contributed by atoms with Crippen LogP contribution in [0.3, 0.4) is 0 Å². The number of hydrogen-bond acceptors (Lipinski definition) is 2. The number of carbonyl (C=O) groups excluding carboxylic acids is 2. The third-order valence-electron chi connectivity index (χ3n) is 3.29. The Morgan fingerprint density at radius 2 is 2.00 bits per heavy atom.